The molecule has 164 valence electrons. The number of allylic oxidation sites excluding steroid dienone is 4. The van der Waals surface area contributed by atoms with Gasteiger partial charge < -0.3 is 9.84 Å². The van der Waals surface area contributed by atoms with Crippen LogP contribution in [0.2, 0.25) is 0 Å². The number of rotatable bonds is 4. The predicted molar refractivity (Wildman–Crippen MR) is 113 cm³/mol. The largest absolute Gasteiger partial charge is 0.450 e. The van der Waals surface area contributed by atoms with E-state index in [1.165, 1.54) is 0 Å². The van der Waals surface area contributed by atoms with E-state index in [1.807, 2.05) is 13.0 Å². The second-order valence-electron chi connectivity index (χ2n) is 9.96. The van der Waals surface area contributed by atoms with Crippen LogP contribution in [0.15, 0.2) is 23.8 Å². The molecule has 3 saturated carbocycles. The highest BCUT2D eigenvalue weighted by Gasteiger charge is 2.70. The second-order valence-corrected chi connectivity index (χ2v) is 10.2. The highest BCUT2D eigenvalue weighted by molar-refractivity contribution is 6.29. The number of aliphatic hydroxyl groups is 1. The summed E-state index contributed by atoms with van der Waals surface area (Å²) in [6.07, 6.45) is 8.11. The standard InChI is InChI=1S/C24H31ClO5/c1-4-20(29)30-24(19(28)13-25)10-8-17-16-6-5-14-11-15(26)7-9-22(14,2)21(16)18(27)12-23(17,24)3/h7,9,11,16-18,21,27H,4-6,8,10,12-13H2,1-3H3/t16-,17-,18-,21+,22-,23-,24-/m0/s1. The minimum atomic E-state index is -1.27. The zero-order valence-electron chi connectivity index (χ0n) is 17.9. The number of Topliss-reactive ketones (excluding diaryl/α,β-unsaturated/α-hetero) is 1. The molecule has 1 N–H and O–H groups in total. The molecule has 6 heteroatoms. The van der Waals surface area contributed by atoms with E-state index < -0.39 is 23.1 Å². The number of ether oxygens (including phenoxy) is 1. The van der Waals surface area contributed by atoms with Crippen molar-refractivity contribution in [2.45, 2.75) is 71.0 Å². The van der Waals surface area contributed by atoms with Gasteiger partial charge in [0.15, 0.2) is 17.2 Å². The summed E-state index contributed by atoms with van der Waals surface area (Å²) in [6, 6.07) is 0. The van der Waals surface area contributed by atoms with Crippen molar-refractivity contribution in [2.24, 2.45) is 28.6 Å². The number of aliphatic hydroxyl groups excluding tert-OH is 1. The summed E-state index contributed by atoms with van der Waals surface area (Å²) >= 11 is 5.99. The number of ketones is 2. The van der Waals surface area contributed by atoms with Crippen LogP contribution in [0.3, 0.4) is 0 Å². The summed E-state index contributed by atoms with van der Waals surface area (Å²) in [7, 11) is 0. The molecule has 0 aromatic heterocycles. The lowest BCUT2D eigenvalue weighted by atomic mass is 9.46. The third kappa shape index (κ3) is 2.81. The summed E-state index contributed by atoms with van der Waals surface area (Å²) in [5, 5.41) is 11.4. The predicted octanol–water partition coefficient (Wildman–Crippen LogP) is 3.77. The molecule has 5 nitrogen and oxygen atoms in total. The summed E-state index contributed by atoms with van der Waals surface area (Å²) in [5.74, 6) is -0.553. The Hall–Kier alpha value is -1.46. The molecule has 0 bridgehead atoms. The zero-order chi connectivity index (χ0) is 21.9. The molecule has 4 aliphatic carbocycles. The van der Waals surface area contributed by atoms with Crippen molar-refractivity contribution in [2.75, 3.05) is 5.88 Å². The number of fused-ring (bicyclic) bond motifs is 5. The topological polar surface area (TPSA) is 80.7 Å². The van der Waals surface area contributed by atoms with Crippen LogP contribution in [0.1, 0.15) is 59.3 Å². The molecule has 4 aliphatic rings. The van der Waals surface area contributed by atoms with Crippen LogP contribution in [0.5, 0.6) is 0 Å². The van der Waals surface area contributed by atoms with Gasteiger partial charge in [0.25, 0.3) is 0 Å². The lowest BCUT2D eigenvalue weighted by Crippen LogP contribution is -2.62. The van der Waals surface area contributed by atoms with Crippen molar-refractivity contribution in [3.05, 3.63) is 23.8 Å². The van der Waals surface area contributed by atoms with Crippen LogP contribution >= 0.6 is 11.6 Å². The van der Waals surface area contributed by atoms with Crippen molar-refractivity contribution < 1.29 is 24.2 Å². The Labute approximate surface area is 182 Å². The number of halogens is 1. The number of hydrogen-bond acceptors (Lipinski definition) is 5. The first-order valence-corrected chi connectivity index (χ1v) is 11.6. The molecule has 0 amide bonds. The van der Waals surface area contributed by atoms with E-state index in [-0.39, 0.29) is 47.0 Å². The molecule has 3 fully saturated rings. The number of carbonyl (C=O) groups is 3. The van der Waals surface area contributed by atoms with Crippen LogP contribution in [-0.2, 0) is 19.1 Å². The van der Waals surface area contributed by atoms with Gasteiger partial charge in [-0.3, -0.25) is 14.4 Å². The molecule has 0 radical (unpaired) electrons. The third-order valence-corrected chi connectivity index (χ3v) is 9.01. The van der Waals surface area contributed by atoms with E-state index >= 15 is 0 Å². The van der Waals surface area contributed by atoms with Gasteiger partial charge >= 0.3 is 5.97 Å². The quantitative estimate of drug-likeness (QED) is 0.538. The highest BCUT2D eigenvalue weighted by atomic mass is 35.5. The van der Waals surface area contributed by atoms with E-state index in [2.05, 4.69) is 6.92 Å². The first-order chi connectivity index (χ1) is 14.1. The molecule has 0 saturated heterocycles. The van der Waals surface area contributed by atoms with E-state index in [0.29, 0.717) is 12.8 Å². The smallest absolute Gasteiger partial charge is 0.306 e. The minimum Gasteiger partial charge on any atom is -0.450 e. The number of esters is 1. The maximum Gasteiger partial charge on any atom is 0.306 e. The third-order valence-electron chi connectivity index (χ3n) is 8.76. The molecule has 0 aromatic carbocycles. The van der Waals surface area contributed by atoms with Gasteiger partial charge in [0.05, 0.1) is 12.0 Å². The van der Waals surface area contributed by atoms with Gasteiger partial charge in [-0.1, -0.05) is 32.4 Å². The Morgan fingerprint density at radius 3 is 2.70 bits per heavy atom. The zero-order valence-corrected chi connectivity index (χ0v) is 18.7. The van der Waals surface area contributed by atoms with E-state index in [1.54, 1.807) is 19.1 Å². The molecule has 0 unspecified atom stereocenters. The van der Waals surface area contributed by atoms with Crippen molar-refractivity contribution in [1.82, 2.24) is 0 Å². The van der Waals surface area contributed by atoms with Crippen LogP contribution in [0, 0.1) is 28.6 Å². The molecule has 0 aliphatic heterocycles. The van der Waals surface area contributed by atoms with Crippen LogP contribution < -0.4 is 0 Å². The lowest BCUT2D eigenvalue weighted by Gasteiger charge is -2.59. The van der Waals surface area contributed by atoms with Gasteiger partial charge in [-0.2, -0.15) is 0 Å². The Kier molecular flexibility index (Phi) is 5.30. The van der Waals surface area contributed by atoms with Crippen molar-refractivity contribution in [3.8, 4) is 0 Å². The molecular weight excluding hydrogens is 404 g/mol. The van der Waals surface area contributed by atoms with Gasteiger partial charge in [-0.25, -0.2) is 0 Å². The van der Waals surface area contributed by atoms with Crippen molar-refractivity contribution in [1.29, 1.82) is 0 Å². The second kappa shape index (κ2) is 7.30. The molecule has 0 aromatic rings. The summed E-state index contributed by atoms with van der Waals surface area (Å²) in [5.41, 5.74) is -1.19. The van der Waals surface area contributed by atoms with Crippen LogP contribution in [-0.4, -0.2) is 40.2 Å². The lowest BCUT2D eigenvalue weighted by molar-refractivity contribution is -0.197. The van der Waals surface area contributed by atoms with E-state index in [0.717, 1.165) is 24.8 Å². The van der Waals surface area contributed by atoms with Crippen molar-refractivity contribution in [3.63, 3.8) is 0 Å². The Morgan fingerprint density at radius 1 is 1.30 bits per heavy atom. The Morgan fingerprint density at radius 2 is 2.03 bits per heavy atom. The highest BCUT2D eigenvalue weighted by Crippen LogP contribution is 2.67. The first kappa shape index (κ1) is 21.8. The Bertz CT molecular complexity index is 847. The van der Waals surface area contributed by atoms with Gasteiger partial charge in [0.2, 0.25) is 0 Å². The fraction of sp³-hybridized carbons (Fsp3) is 0.708. The Balaban J connectivity index is 1.76. The van der Waals surface area contributed by atoms with Crippen LogP contribution in [0.4, 0.5) is 0 Å². The molecule has 7 atom stereocenters. The SMILES string of the molecule is CCC(=O)O[C@]1(C(=O)CCl)CC[C@H]2[C@@H]3CCC4=CC(=O)C=C[C@]4(C)[C@H]3[C@@H](O)C[C@@]21C. The molecule has 0 spiro atoms. The fourth-order valence-corrected chi connectivity index (χ4v) is 7.59. The maximum atomic E-state index is 13.1. The van der Waals surface area contributed by atoms with E-state index in [9.17, 15) is 19.5 Å². The molecular formula is C24H31ClO5. The number of carbonyl (C=O) groups excluding carboxylic acids is 3. The number of alkyl halides is 1. The summed E-state index contributed by atoms with van der Waals surface area (Å²) in [6.45, 7) is 5.84. The molecule has 30 heavy (non-hydrogen) atoms. The fourth-order valence-electron chi connectivity index (χ4n) is 7.37. The monoisotopic (exact) mass is 434 g/mol. The van der Waals surface area contributed by atoms with Crippen molar-refractivity contribution >= 4 is 29.1 Å². The maximum absolute atomic E-state index is 13.1. The first-order valence-electron chi connectivity index (χ1n) is 11.1. The minimum absolute atomic E-state index is 0.00938. The van der Waals surface area contributed by atoms with Gasteiger partial charge in [0.1, 0.15) is 0 Å². The van der Waals surface area contributed by atoms with Gasteiger partial charge in [0, 0.05) is 23.2 Å². The van der Waals surface area contributed by atoms with Gasteiger partial charge in [-0.05, 0) is 56.1 Å². The summed E-state index contributed by atoms with van der Waals surface area (Å²) in [4.78, 5) is 37.3. The molecule has 0 heterocycles. The summed E-state index contributed by atoms with van der Waals surface area (Å²) < 4.78 is 5.89. The van der Waals surface area contributed by atoms with E-state index in [4.69, 9.17) is 16.3 Å². The van der Waals surface area contributed by atoms with Crippen LogP contribution in [0.25, 0.3) is 0 Å². The molecule has 4 rings (SSSR count). The number of hydrogen-bond donors (Lipinski definition) is 1. The average Bonchev–Trinajstić information content (AvgIpc) is 3.00. The average molecular weight is 435 g/mol. The van der Waals surface area contributed by atoms with Gasteiger partial charge in [-0.15, -0.1) is 11.6 Å². The normalized spacial score (nSPS) is 44.6.